The second-order valence-electron chi connectivity index (χ2n) is 8.57. The molecule has 13 nitrogen and oxygen atoms in total. The fourth-order valence-electron chi connectivity index (χ4n) is 4.10. The van der Waals surface area contributed by atoms with E-state index in [1.54, 1.807) is 44.5 Å². The molecule has 1 unspecified atom stereocenters. The van der Waals surface area contributed by atoms with Crippen LogP contribution in [0.4, 0.5) is 6.01 Å². The van der Waals surface area contributed by atoms with E-state index in [1.807, 2.05) is 4.57 Å². The number of carbonyl (C=O) groups is 3. The molecule has 3 aromatic rings. The van der Waals surface area contributed by atoms with Crippen LogP contribution < -0.4 is 20.7 Å². The minimum atomic E-state index is -1.47. The number of nitrogen functional groups attached to an aromatic ring is 1. The third-order valence-electron chi connectivity index (χ3n) is 5.72. The summed E-state index contributed by atoms with van der Waals surface area (Å²) in [7, 11) is 0. The summed E-state index contributed by atoms with van der Waals surface area (Å²) in [5.41, 5.74) is 7.04. The standard InChI is InChI=1S/C23H22N6O7S/c1-11(2)36-27-16(13-9-35-23(24)25-13)19(30)26-17-20(31)29-18(22(32)33)12(10-37-21(17)29)8-28-6-3-4-15-14(28)5-7-34-15/h3-7,9,11,17,21H,8,10H2,1-2H3,(H3-,24,25,26,30,32,33)/b27-16+/t17?,21-/m1/s1. The van der Waals surface area contributed by atoms with Gasteiger partial charge in [0, 0.05) is 23.5 Å². The number of hydrogen-bond acceptors (Lipinski definition) is 11. The minimum Gasteiger partial charge on any atom is -0.543 e. The highest BCUT2D eigenvalue weighted by Crippen LogP contribution is 2.40. The van der Waals surface area contributed by atoms with Crippen molar-refractivity contribution in [2.45, 2.75) is 37.9 Å². The molecular weight excluding hydrogens is 504 g/mol. The Labute approximate surface area is 213 Å². The molecule has 5 rings (SSSR count). The molecule has 0 aromatic carbocycles. The number of furan rings is 1. The third kappa shape index (κ3) is 4.50. The van der Waals surface area contributed by atoms with Crippen molar-refractivity contribution in [2.24, 2.45) is 5.16 Å². The highest BCUT2D eigenvalue weighted by Gasteiger charge is 2.53. The van der Waals surface area contributed by atoms with Crippen LogP contribution in [-0.4, -0.2) is 56.7 Å². The zero-order valence-electron chi connectivity index (χ0n) is 19.7. The van der Waals surface area contributed by atoms with Crippen LogP contribution in [0, 0.1) is 0 Å². The largest absolute Gasteiger partial charge is 0.543 e. The summed E-state index contributed by atoms with van der Waals surface area (Å²) in [4.78, 5) is 48.5. The van der Waals surface area contributed by atoms with Crippen molar-refractivity contribution in [1.82, 2.24) is 15.2 Å². The predicted molar refractivity (Wildman–Crippen MR) is 127 cm³/mol. The van der Waals surface area contributed by atoms with Crippen LogP contribution in [0.25, 0.3) is 11.1 Å². The van der Waals surface area contributed by atoms with Crippen LogP contribution >= 0.6 is 11.8 Å². The molecule has 0 aliphatic carbocycles. The fraction of sp³-hybridized carbons (Fsp3) is 0.304. The van der Waals surface area contributed by atoms with Crippen LogP contribution in [0.1, 0.15) is 19.5 Å². The highest BCUT2D eigenvalue weighted by molar-refractivity contribution is 8.00. The van der Waals surface area contributed by atoms with Gasteiger partial charge < -0.3 is 34.6 Å². The summed E-state index contributed by atoms with van der Waals surface area (Å²) in [6.45, 7) is 3.66. The van der Waals surface area contributed by atoms with Crippen molar-refractivity contribution in [1.29, 1.82) is 0 Å². The maximum atomic E-state index is 13.1. The van der Waals surface area contributed by atoms with E-state index in [9.17, 15) is 19.5 Å². The molecule has 37 heavy (non-hydrogen) atoms. The zero-order valence-corrected chi connectivity index (χ0v) is 20.6. The smallest absolute Gasteiger partial charge is 0.292 e. The molecule has 3 aromatic heterocycles. The predicted octanol–water partition coefficient (Wildman–Crippen LogP) is -0.476. The van der Waals surface area contributed by atoms with Gasteiger partial charge in [-0.25, -0.2) is 0 Å². The first kappa shape index (κ1) is 24.4. The molecule has 3 N–H and O–H groups in total. The average molecular weight is 527 g/mol. The molecule has 2 atom stereocenters. The molecule has 0 spiro atoms. The van der Waals surface area contributed by atoms with Crippen LogP contribution in [0.5, 0.6) is 0 Å². The first-order valence-electron chi connectivity index (χ1n) is 11.2. The Morgan fingerprint density at radius 2 is 2.22 bits per heavy atom. The first-order chi connectivity index (χ1) is 17.7. The molecule has 0 radical (unpaired) electrons. The number of fused-ring (bicyclic) bond motifs is 2. The second kappa shape index (κ2) is 9.61. The van der Waals surface area contributed by atoms with E-state index >= 15 is 0 Å². The van der Waals surface area contributed by atoms with Gasteiger partial charge in [0.2, 0.25) is 0 Å². The number of hydrogen-bond donors (Lipinski definition) is 2. The van der Waals surface area contributed by atoms with E-state index in [0.29, 0.717) is 16.9 Å². The Bertz CT molecular complexity index is 1460. The van der Waals surface area contributed by atoms with Gasteiger partial charge in [0.15, 0.2) is 24.0 Å². The van der Waals surface area contributed by atoms with Crippen molar-refractivity contribution in [2.75, 3.05) is 11.5 Å². The molecule has 1 saturated heterocycles. The number of thioether (sulfide) groups is 1. The van der Waals surface area contributed by atoms with Crippen LogP contribution in [-0.2, 0) is 25.8 Å². The van der Waals surface area contributed by atoms with Crippen molar-refractivity contribution in [3.63, 3.8) is 0 Å². The molecule has 14 heteroatoms. The topological polar surface area (TPSA) is 180 Å². The van der Waals surface area contributed by atoms with Crippen LogP contribution in [0.2, 0.25) is 0 Å². The number of amides is 2. The number of pyridine rings is 1. The van der Waals surface area contributed by atoms with E-state index in [-0.39, 0.29) is 35.8 Å². The summed E-state index contributed by atoms with van der Waals surface area (Å²) in [5.74, 6) is -2.50. The van der Waals surface area contributed by atoms with E-state index in [1.165, 1.54) is 11.8 Å². The molecule has 2 aliphatic rings. The van der Waals surface area contributed by atoms with Gasteiger partial charge in [-0.15, -0.1) is 11.8 Å². The number of nitrogens with zero attached hydrogens (tertiary/aromatic N) is 4. The van der Waals surface area contributed by atoms with E-state index in [4.69, 9.17) is 19.4 Å². The molecule has 0 saturated carbocycles. The number of oxime groups is 1. The Morgan fingerprint density at radius 3 is 2.92 bits per heavy atom. The minimum absolute atomic E-state index is 0.0265. The number of rotatable bonds is 8. The van der Waals surface area contributed by atoms with Crippen LogP contribution in [0.3, 0.4) is 0 Å². The van der Waals surface area contributed by atoms with Gasteiger partial charge >= 0.3 is 0 Å². The monoisotopic (exact) mass is 526 g/mol. The summed E-state index contributed by atoms with van der Waals surface area (Å²) >= 11 is 1.33. The maximum Gasteiger partial charge on any atom is 0.292 e. The van der Waals surface area contributed by atoms with Gasteiger partial charge in [0.25, 0.3) is 23.3 Å². The number of carbonyl (C=O) groups excluding carboxylic acids is 3. The zero-order chi connectivity index (χ0) is 26.3. The summed E-state index contributed by atoms with van der Waals surface area (Å²) in [5, 5.41) is 17.9. The molecule has 1 fully saturated rings. The van der Waals surface area contributed by atoms with Gasteiger partial charge in [0.1, 0.15) is 29.5 Å². The third-order valence-corrected chi connectivity index (χ3v) is 7.06. The van der Waals surface area contributed by atoms with Gasteiger partial charge in [-0.1, -0.05) is 5.16 Å². The van der Waals surface area contributed by atoms with Crippen molar-refractivity contribution in [3.8, 4) is 0 Å². The number of aliphatic carboxylic acids is 1. The van der Waals surface area contributed by atoms with E-state index in [2.05, 4.69) is 15.5 Å². The lowest BCUT2D eigenvalue weighted by Crippen LogP contribution is -2.71. The van der Waals surface area contributed by atoms with Gasteiger partial charge in [-0.3, -0.25) is 14.5 Å². The molecule has 5 heterocycles. The van der Waals surface area contributed by atoms with Gasteiger partial charge in [-0.2, -0.15) is 9.55 Å². The number of carboxylic acids is 1. The Kier molecular flexibility index (Phi) is 6.33. The van der Waals surface area contributed by atoms with Crippen molar-refractivity contribution < 1.29 is 37.7 Å². The molecule has 2 amide bonds. The highest BCUT2D eigenvalue weighted by atomic mass is 32.2. The molecule has 2 aliphatic heterocycles. The second-order valence-corrected chi connectivity index (χ2v) is 9.68. The summed E-state index contributed by atoms with van der Waals surface area (Å²) in [6.07, 6.45) is 4.15. The fourth-order valence-corrected chi connectivity index (χ4v) is 5.43. The molecule has 0 bridgehead atoms. The van der Waals surface area contributed by atoms with Crippen LogP contribution in [0.15, 0.2) is 62.2 Å². The summed E-state index contributed by atoms with van der Waals surface area (Å²) < 4.78 is 12.2. The number of β-lactam (4-membered cyclic amide) rings is 1. The first-order valence-corrected chi connectivity index (χ1v) is 12.3. The molecule has 192 valence electrons. The van der Waals surface area contributed by atoms with Crippen molar-refractivity contribution in [3.05, 3.63) is 53.9 Å². The lowest BCUT2D eigenvalue weighted by molar-refractivity contribution is -0.663. The number of nitrogens with two attached hydrogens (primary N) is 1. The van der Waals surface area contributed by atoms with E-state index < -0.39 is 29.2 Å². The number of oxazole rings is 1. The van der Waals surface area contributed by atoms with Crippen molar-refractivity contribution >= 4 is 52.4 Å². The van der Waals surface area contributed by atoms with Gasteiger partial charge in [0.05, 0.1) is 17.9 Å². The lowest BCUT2D eigenvalue weighted by Gasteiger charge is -2.50. The Morgan fingerprint density at radius 1 is 1.41 bits per heavy atom. The quantitative estimate of drug-likeness (QED) is 0.168. The summed E-state index contributed by atoms with van der Waals surface area (Å²) in [6, 6.07) is 4.20. The van der Waals surface area contributed by atoms with E-state index in [0.717, 1.165) is 16.7 Å². The number of anilines is 1. The SMILES string of the molecule is CC(C)O/N=C(/C(=O)NC1C(=O)N2C(C(=O)[O-])=C(C[n+]3cccc4occc43)CS[C@H]12)c1coc(N)n1. The number of nitrogens with one attached hydrogen (secondary N) is 1. The molecular formula is C23H22N6O7S. The number of carboxylic acid groups (broad SMARTS) is 1. The lowest BCUT2D eigenvalue weighted by atomic mass is 10.0. The average Bonchev–Trinajstić information content (AvgIpc) is 3.51. The number of aromatic nitrogens is 2. The maximum absolute atomic E-state index is 13.1. The Hall–Kier alpha value is -4.33. The van der Waals surface area contributed by atoms with Gasteiger partial charge in [-0.05, 0) is 19.9 Å². The Balaban J connectivity index is 1.37. The normalized spacial score (nSPS) is 19.7.